The van der Waals surface area contributed by atoms with Crippen molar-refractivity contribution in [2.45, 2.75) is 155 Å². The Morgan fingerprint density at radius 1 is 0.565 bits per heavy atom. The van der Waals surface area contributed by atoms with Crippen molar-refractivity contribution >= 4 is 16.6 Å². The SMILES string of the molecule is CCCCCCCCCCCCCCCCOc1ccc2cc(CCc3ccc(C(=O)[C@@H](CCCCCC)OC)cc3)ccc2c1. The minimum absolute atomic E-state index is 0.100. The summed E-state index contributed by atoms with van der Waals surface area (Å²) in [5, 5.41) is 2.49. The highest BCUT2D eigenvalue weighted by atomic mass is 16.5. The maximum atomic E-state index is 12.9. The van der Waals surface area contributed by atoms with Gasteiger partial charge in [-0.2, -0.15) is 0 Å². The van der Waals surface area contributed by atoms with Crippen molar-refractivity contribution in [2.75, 3.05) is 13.7 Å². The van der Waals surface area contributed by atoms with Crippen LogP contribution in [0.1, 0.15) is 157 Å². The molecule has 1 atom stereocenters. The van der Waals surface area contributed by atoms with Gasteiger partial charge in [-0.15, -0.1) is 0 Å². The number of methoxy groups -OCH3 is 1. The van der Waals surface area contributed by atoms with Crippen LogP contribution in [0.3, 0.4) is 0 Å². The van der Waals surface area contributed by atoms with Crippen LogP contribution in [0, 0.1) is 0 Å². The van der Waals surface area contributed by atoms with Gasteiger partial charge < -0.3 is 9.47 Å². The lowest BCUT2D eigenvalue weighted by Crippen LogP contribution is -2.23. The summed E-state index contributed by atoms with van der Waals surface area (Å²) in [4.78, 5) is 12.9. The minimum Gasteiger partial charge on any atom is -0.494 e. The molecule has 0 saturated carbocycles. The second kappa shape index (κ2) is 23.6. The summed E-state index contributed by atoms with van der Waals surface area (Å²) in [5.74, 6) is 1.07. The number of rotatable bonds is 27. The molecule has 0 fully saturated rings. The molecule has 0 radical (unpaired) electrons. The van der Waals surface area contributed by atoms with Gasteiger partial charge in [-0.1, -0.05) is 172 Å². The molecule has 3 heteroatoms. The average Bonchev–Trinajstić information content (AvgIpc) is 3.09. The van der Waals surface area contributed by atoms with Gasteiger partial charge >= 0.3 is 0 Å². The third-order valence-corrected chi connectivity index (χ3v) is 9.48. The molecule has 0 spiro atoms. The van der Waals surface area contributed by atoms with Gasteiger partial charge in [0.15, 0.2) is 5.78 Å². The first-order valence-corrected chi connectivity index (χ1v) is 19.0. The van der Waals surface area contributed by atoms with E-state index in [1.807, 2.05) is 12.1 Å². The van der Waals surface area contributed by atoms with E-state index in [9.17, 15) is 4.79 Å². The van der Waals surface area contributed by atoms with Crippen molar-refractivity contribution in [1.82, 2.24) is 0 Å². The van der Waals surface area contributed by atoms with Gasteiger partial charge in [-0.25, -0.2) is 0 Å². The molecular formula is C43H64O3. The number of carbonyl (C=O) groups is 1. The van der Waals surface area contributed by atoms with Crippen LogP contribution in [0.4, 0.5) is 0 Å². The second-order valence-electron chi connectivity index (χ2n) is 13.4. The molecule has 0 N–H and O–H groups in total. The quantitative estimate of drug-likeness (QED) is 0.0622. The number of ketones is 1. The Bertz CT molecular complexity index is 1210. The van der Waals surface area contributed by atoms with Gasteiger partial charge in [0.2, 0.25) is 0 Å². The summed E-state index contributed by atoms with van der Waals surface area (Å²) in [6, 6.07) is 21.4. The highest BCUT2D eigenvalue weighted by Crippen LogP contribution is 2.24. The Hall–Kier alpha value is -2.65. The summed E-state index contributed by atoms with van der Waals surface area (Å²) < 4.78 is 11.6. The van der Waals surface area contributed by atoms with Crippen LogP contribution in [0.15, 0.2) is 60.7 Å². The third kappa shape index (κ3) is 14.8. The zero-order chi connectivity index (χ0) is 32.7. The van der Waals surface area contributed by atoms with Crippen molar-refractivity contribution in [3.8, 4) is 5.75 Å². The van der Waals surface area contributed by atoms with Crippen LogP contribution < -0.4 is 4.74 Å². The summed E-state index contributed by atoms with van der Waals surface area (Å²) in [7, 11) is 1.65. The summed E-state index contributed by atoms with van der Waals surface area (Å²) in [5.41, 5.74) is 3.33. The zero-order valence-corrected chi connectivity index (χ0v) is 29.6. The van der Waals surface area contributed by atoms with E-state index < -0.39 is 0 Å². The fourth-order valence-corrected chi connectivity index (χ4v) is 6.43. The van der Waals surface area contributed by atoms with Gasteiger partial charge in [0.05, 0.1) is 6.61 Å². The van der Waals surface area contributed by atoms with Crippen LogP contribution in [0.2, 0.25) is 0 Å². The Balaban J connectivity index is 1.30. The highest BCUT2D eigenvalue weighted by Gasteiger charge is 2.19. The molecule has 0 aliphatic heterocycles. The smallest absolute Gasteiger partial charge is 0.191 e. The molecule has 0 amide bonds. The number of fused-ring (bicyclic) bond motifs is 1. The Kier molecular flexibility index (Phi) is 19.4. The average molecular weight is 629 g/mol. The van der Waals surface area contributed by atoms with E-state index in [4.69, 9.17) is 9.47 Å². The fraction of sp³-hybridized carbons (Fsp3) is 0.605. The van der Waals surface area contributed by atoms with Crippen LogP contribution in [-0.2, 0) is 17.6 Å². The summed E-state index contributed by atoms with van der Waals surface area (Å²) in [6.07, 6.45) is 26.2. The predicted molar refractivity (Wildman–Crippen MR) is 197 cm³/mol. The molecule has 3 nitrogen and oxygen atoms in total. The lowest BCUT2D eigenvalue weighted by molar-refractivity contribution is 0.0573. The Morgan fingerprint density at radius 3 is 1.67 bits per heavy atom. The van der Waals surface area contributed by atoms with Crippen molar-refractivity contribution in [2.24, 2.45) is 0 Å². The molecule has 254 valence electrons. The van der Waals surface area contributed by atoms with Gasteiger partial charge in [-0.3, -0.25) is 4.79 Å². The van der Waals surface area contributed by atoms with E-state index in [-0.39, 0.29) is 11.9 Å². The first-order chi connectivity index (χ1) is 22.6. The molecule has 0 bridgehead atoms. The van der Waals surface area contributed by atoms with E-state index >= 15 is 0 Å². The Morgan fingerprint density at radius 2 is 1.07 bits per heavy atom. The first-order valence-electron chi connectivity index (χ1n) is 19.0. The standard InChI is InChI=1S/C43H64O3/c1-4-6-8-10-11-12-13-14-15-16-17-18-19-21-33-46-41-32-31-39-34-37(27-30-40(39)35-41)24-23-36-25-28-38(29-26-36)43(44)42(45-3)22-20-9-7-5-2/h25-32,34-35,42H,4-24,33H2,1-3H3/t42-/m1/s1. The summed E-state index contributed by atoms with van der Waals surface area (Å²) in [6.45, 7) is 5.29. The van der Waals surface area contributed by atoms with Gasteiger partial charge in [0.1, 0.15) is 11.9 Å². The number of hydrogen-bond donors (Lipinski definition) is 0. The maximum absolute atomic E-state index is 12.9. The van der Waals surface area contributed by atoms with Crippen molar-refractivity contribution < 1.29 is 14.3 Å². The van der Waals surface area contributed by atoms with Crippen molar-refractivity contribution in [3.05, 3.63) is 77.4 Å². The van der Waals surface area contributed by atoms with Gasteiger partial charge in [0.25, 0.3) is 0 Å². The number of unbranched alkanes of at least 4 members (excludes halogenated alkanes) is 16. The number of Topliss-reactive ketones (excluding diaryl/α,β-unsaturated/α-hetero) is 1. The topological polar surface area (TPSA) is 35.5 Å². The van der Waals surface area contributed by atoms with E-state index in [0.717, 1.165) is 56.4 Å². The molecule has 3 aromatic rings. The van der Waals surface area contributed by atoms with Crippen LogP contribution in [0.5, 0.6) is 5.75 Å². The predicted octanol–water partition coefficient (Wildman–Crippen LogP) is 12.7. The van der Waals surface area contributed by atoms with Gasteiger partial charge in [0, 0.05) is 12.7 Å². The van der Waals surface area contributed by atoms with Crippen LogP contribution in [0.25, 0.3) is 10.8 Å². The van der Waals surface area contributed by atoms with E-state index in [1.165, 1.54) is 118 Å². The molecule has 0 aliphatic rings. The Labute approximate surface area is 281 Å². The van der Waals surface area contributed by atoms with E-state index in [0.29, 0.717) is 0 Å². The van der Waals surface area contributed by atoms with Gasteiger partial charge in [-0.05, 0) is 59.7 Å². The van der Waals surface area contributed by atoms with Crippen LogP contribution in [-0.4, -0.2) is 25.6 Å². The molecule has 0 aliphatic carbocycles. The lowest BCUT2D eigenvalue weighted by Gasteiger charge is -2.14. The van der Waals surface area contributed by atoms with Crippen LogP contribution >= 0.6 is 0 Å². The number of hydrogen-bond acceptors (Lipinski definition) is 3. The van der Waals surface area contributed by atoms with E-state index in [1.54, 1.807) is 7.11 Å². The molecule has 46 heavy (non-hydrogen) atoms. The van der Waals surface area contributed by atoms with Crippen molar-refractivity contribution in [1.29, 1.82) is 0 Å². The first kappa shape index (κ1) is 37.8. The van der Waals surface area contributed by atoms with Crippen molar-refractivity contribution in [3.63, 3.8) is 0 Å². The molecule has 0 aromatic heterocycles. The fourth-order valence-electron chi connectivity index (χ4n) is 6.43. The number of carbonyl (C=O) groups excluding carboxylic acids is 1. The molecule has 0 heterocycles. The largest absolute Gasteiger partial charge is 0.494 e. The highest BCUT2D eigenvalue weighted by molar-refractivity contribution is 5.99. The molecule has 0 unspecified atom stereocenters. The molecule has 3 aromatic carbocycles. The minimum atomic E-state index is -0.338. The molecule has 3 rings (SSSR count). The number of ether oxygens (including phenoxy) is 2. The monoisotopic (exact) mass is 628 g/mol. The third-order valence-electron chi connectivity index (χ3n) is 9.48. The summed E-state index contributed by atoms with van der Waals surface area (Å²) >= 11 is 0. The number of aryl methyl sites for hydroxylation is 2. The normalized spacial score (nSPS) is 12.1. The maximum Gasteiger partial charge on any atom is 0.191 e. The molecular weight excluding hydrogens is 564 g/mol. The molecule has 0 saturated heterocycles. The lowest BCUT2D eigenvalue weighted by atomic mass is 9.97. The number of benzene rings is 3. The van der Waals surface area contributed by atoms with E-state index in [2.05, 4.69) is 62.4 Å². The second-order valence-corrected chi connectivity index (χ2v) is 13.4. The zero-order valence-electron chi connectivity index (χ0n) is 29.6.